The first-order valence-electron chi connectivity index (χ1n) is 11.7. The van der Waals surface area contributed by atoms with Crippen molar-refractivity contribution in [2.75, 3.05) is 12.3 Å². The van der Waals surface area contributed by atoms with E-state index < -0.39 is 0 Å². The molecule has 1 aliphatic rings. The van der Waals surface area contributed by atoms with Crippen molar-refractivity contribution in [1.82, 2.24) is 14.7 Å². The number of nitrogens with zero attached hydrogens (tertiary/aromatic N) is 3. The molecule has 2 heterocycles. The average molecular weight is 508 g/mol. The van der Waals surface area contributed by atoms with Gasteiger partial charge in [0.15, 0.2) is 0 Å². The third kappa shape index (κ3) is 5.82. The van der Waals surface area contributed by atoms with Crippen LogP contribution in [0.15, 0.2) is 70.6 Å². The quantitative estimate of drug-likeness (QED) is 0.123. The molecule has 0 unspecified atom stereocenters. The maximum absolute atomic E-state index is 13.1. The summed E-state index contributed by atoms with van der Waals surface area (Å²) in [6.45, 7) is 5.03. The maximum atomic E-state index is 13.1. The van der Waals surface area contributed by atoms with Crippen LogP contribution in [0.5, 0.6) is 0 Å². The number of hydrogen-bond donors (Lipinski definition) is 0. The maximum Gasteiger partial charge on any atom is 0.266 e. The van der Waals surface area contributed by atoms with Crippen molar-refractivity contribution in [3.8, 4) is 16.9 Å². The molecule has 0 bridgehead atoms. The van der Waals surface area contributed by atoms with Gasteiger partial charge >= 0.3 is 0 Å². The molecule has 2 aromatic carbocycles. The molecule has 0 atom stereocenters. The van der Waals surface area contributed by atoms with Gasteiger partial charge in [-0.25, -0.2) is 4.68 Å². The first-order valence-corrected chi connectivity index (χ1v) is 14.0. The van der Waals surface area contributed by atoms with Crippen molar-refractivity contribution >= 4 is 52.0 Å². The predicted octanol–water partition coefficient (Wildman–Crippen LogP) is 7.43. The fourth-order valence-corrected chi connectivity index (χ4v) is 5.78. The Labute approximate surface area is 215 Å². The Morgan fingerprint density at radius 2 is 1.79 bits per heavy atom. The minimum absolute atomic E-state index is 0.00386. The van der Waals surface area contributed by atoms with Gasteiger partial charge in [0, 0.05) is 28.8 Å². The Kier molecular flexibility index (Phi) is 8.64. The van der Waals surface area contributed by atoms with E-state index >= 15 is 0 Å². The van der Waals surface area contributed by atoms with E-state index in [2.05, 4.69) is 38.1 Å². The Bertz CT molecular complexity index is 1170. The number of aromatic nitrogens is 2. The van der Waals surface area contributed by atoms with Crippen molar-refractivity contribution in [3.63, 3.8) is 0 Å². The number of hydrogen-bond acceptors (Lipinski definition) is 5. The summed E-state index contributed by atoms with van der Waals surface area (Å²) in [6.07, 6.45) is 8.26. The summed E-state index contributed by atoms with van der Waals surface area (Å²) in [5.74, 6) is 1.10. The Balaban J connectivity index is 1.68. The normalized spacial score (nSPS) is 15.0. The summed E-state index contributed by atoms with van der Waals surface area (Å²) in [7, 11) is 0. The van der Waals surface area contributed by atoms with E-state index in [1.165, 1.54) is 16.7 Å². The van der Waals surface area contributed by atoms with Crippen LogP contribution in [0.4, 0.5) is 0 Å². The van der Waals surface area contributed by atoms with Gasteiger partial charge in [0.1, 0.15) is 4.32 Å². The van der Waals surface area contributed by atoms with Crippen LogP contribution < -0.4 is 0 Å². The second-order valence-corrected chi connectivity index (χ2v) is 11.0. The van der Waals surface area contributed by atoms with Gasteiger partial charge < -0.3 is 0 Å². The lowest BCUT2D eigenvalue weighted by Gasteiger charge is -2.13. The van der Waals surface area contributed by atoms with Gasteiger partial charge in [0.25, 0.3) is 5.91 Å². The molecule has 1 aromatic heterocycles. The molecular formula is C27H29N3OS3. The first kappa shape index (κ1) is 24.8. The lowest BCUT2D eigenvalue weighted by Crippen LogP contribution is -2.28. The number of unbranched alkanes of at least 4 members (excludes halogenated alkanes) is 2. The zero-order valence-electron chi connectivity index (χ0n) is 19.6. The summed E-state index contributed by atoms with van der Waals surface area (Å²) in [4.78, 5) is 16.8. The van der Waals surface area contributed by atoms with Crippen LogP contribution in [0.2, 0.25) is 0 Å². The standard InChI is InChI=1S/C27H29N3OS3/c1-3-5-9-16-29-26(31)24(34-27(29)32)18-21-19-30(22-10-7-6-8-11-22)28-25(21)20-12-14-23(15-13-20)33-17-4-2/h6-8,10-15,18-19H,3-5,9,16-17H2,1-2H3. The highest BCUT2D eigenvalue weighted by atomic mass is 32.2. The van der Waals surface area contributed by atoms with Gasteiger partial charge in [0.05, 0.1) is 16.3 Å². The molecule has 0 radical (unpaired) electrons. The van der Waals surface area contributed by atoms with Crippen molar-refractivity contribution in [1.29, 1.82) is 0 Å². The van der Waals surface area contributed by atoms with E-state index in [0.29, 0.717) is 15.8 Å². The molecular weight excluding hydrogens is 479 g/mol. The molecule has 1 aliphatic heterocycles. The fourth-order valence-electron chi connectivity index (χ4n) is 3.71. The highest BCUT2D eigenvalue weighted by Gasteiger charge is 2.32. The molecule has 7 heteroatoms. The van der Waals surface area contributed by atoms with Gasteiger partial charge in [0.2, 0.25) is 0 Å². The van der Waals surface area contributed by atoms with Gasteiger partial charge in [-0.15, -0.1) is 11.8 Å². The van der Waals surface area contributed by atoms with Gasteiger partial charge in [-0.1, -0.05) is 81.0 Å². The summed E-state index contributed by atoms with van der Waals surface area (Å²) < 4.78 is 2.52. The third-order valence-electron chi connectivity index (χ3n) is 5.51. The molecule has 0 spiro atoms. The second-order valence-electron chi connectivity index (χ2n) is 8.13. The Morgan fingerprint density at radius 3 is 2.50 bits per heavy atom. The molecule has 1 amide bonds. The molecule has 0 saturated carbocycles. The van der Waals surface area contributed by atoms with Gasteiger partial charge in [-0.2, -0.15) is 5.10 Å². The monoisotopic (exact) mass is 507 g/mol. The minimum Gasteiger partial charge on any atom is -0.293 e. The van der Waals surface area contributed by atoms with Gasteiger partial charge in [-0.05, 0) is 48.9 Å². The van der Waals surface area contributed by atoms with E-state index in [4.69, 9.17) is 17.3 Å². The summed E-state index contributed by atoms with van der Waals surface area (Å²) in [6, 6.07) is 18.6. The fraction of sp³-hybridized carbons (Fsp3) is 0.296. The summed E-state index contributed by atoms with van der Waals surface area (Å²) in [5.41, 5.74) is 3.77. The Morgan fingerprint density at radius 1 is 1.03 bits per heavy atom. The van der Waals surface area contributed by atoms with E-state index in [-0.39, 0.29) is 5.91 Å². The molecule has 1 fully saturated rings. The van der Waals surface area contributed by atoms with Crippen LogP contribution in [0.3, 0.4) is 0 Å². The van der Waals surface area contributed by atoms with Crippen molar-refractivity contribution in [2.45, 2.75) is 44.4 Å². The highest BCUT2D eigenvalue weighted by molar-refractivity contribution is 8.26. The lowest BCUT2D eigenvalue weighted by atomic mass is 10.1. The van der Waals surface area contributed by atoms with Crippen molar-refractivity contribution in [2.24, 2.45) is 0 Å². The number of thiocarbonyl (C=S) groups is 1. The van der Waals surface area contributed by atoms with Crippen molar-refractivity contribution < 1.29 is 4.79 Å². The predicted molar refractivity (Wildman–Crippen MR) is 149 cm³/mol. The molecule has 4 rings (SSSR count). The number of thioether (sulfide) groups is 2. The molecule has 4 nitrogen and oxygen atoms in total. The van der Waals surface area contributed by atoms with Crippen molar-refractivity contribution in [3.05, 3.63) is 71.3 Å². The zero-order valence-corrected chi connectivity index (χ0v) is 22.0. The number of amides is 1. The van der Waals surface area contributed by atoms with E-state index in [0.717, 1.165) is 53.9 Å². The second kappa shape index (κ2) is 11.9. The first-order chi connectivity index (χ1) is 16.6. The number of carbonyl (C=O) groups is 1. The molecule has 176 valence electrons. The van der Waals surface area contributed by atoms with Crippen LogP contribution >= 0.6 is 35.7 Å². The van der Waals surface area contributed by atoms with Crippen LogP contribution in [0, 0.1) is 0 Å². The van der Waals surface area contributed by atoms with Crippen LogP contribution in [-0.2, 0) is 4.79 Å². The van der Waals surface area contributed by atoms with E-state index in [1.807, 2.05) is 59.0 Å². The summed E-state index contributed by atoms with van der Waals surface area (Å²) in [5, 5.41) is 4.91. The largest absolute Gasteiger partial charge is 0.293 e. The lowest BCUT2D eigenvalue weighted by molar-refractivity contribution is -0.122. The van der Waals surface area contributed by atoms with E-state index in [1.54, 1.807) is 4.90 Å². The summed E-state index contributed by atoms with van der Waals surface area (Å²) >= 11 is 8.77. The third-order valence-corrected chi connectivity index (χ3v) is 8.10. The number of benzene rings is 2. The van der Waals surface area contributed by atoms with E-state index in [9.17, 15) is 4.79 Å². The van der Waals surface area contributed by atoms with Gasteiger partial charge in [-0.3, -0.25) is 9.69 Å². The smallest absolute Gasteiger partial charge is 0.266 e. The molecule has 0 aliphatic carbocycles. The molecule has 0 N–H and O–H groups in total. The average Bonchev–Trinajstić information content (AvgIpc) is 3.40. The molecule has 3 aromatic rings. The van der Waals surface area contributed by atoms with Crippen LogP contribution in [0.1, 0.15) is 45.1 Å². The van der Waals surface area contributed by atoms with Crippen LogP contribution in [0.25, 0.3) is 23.0 Å². The SMILES string of the molecule is CCCCCN1C(=O)C(=Cc2cn(-c3ccccc3)nc2-c2ccc(SCCC)cc2)SC1=S. The number of rotatable bonds is 10. The Hall–Kier alpha value is -2.35. The van der Waals surface area contributed by atoms with Crippen LogP contribution in [-0.4, -0.2) is 37.2 Å². The number of para-hydroxylation sites is 1. The minimum atomic E-state index is -0.00386. The zero-order chi connectivity index (χ0) is 23.9. The highest BCUT2D eigenvalue weighted by Crippen LogP contribution is 2.35. The molecule has 34 heavy (non-hydrogen) atoms. The number of carbonyl (C=O) groups excluding carboxylic acids is 1. The topological polar surface area (TPSA) is 38.1 Å². The molecule has 1 saturated heterocycles.